The first-order chi connectivity index (χ1) is 19.4. The van der Waals surface area contributed by atoms with Gasteiger partial charge in [-0.05, 0) is 99.7 Å². The predicted molar refractivity (Wildman–Crippen MR) is 151 cm³/mol. The molecule has 210 valence electrons. The summed E-state index contributed by atoms with van der Waals surface area (Å²) in [6, 6.07) is 9.82. The lowest BCUT2D eigenvalue weighted by atomic mass is 9.59. The van der Waals surface area contributed by atoms with Gasteiger partial charge in [0.2, 0.25) is 11.8 Å². The number of carbonyl (C=O) groups excluding carboxylic acids is 4. The van der Waals surface area contributed by atoms with Gasteiger partial charge in [0.05, 0.1) is 22.0 Å². The number of anilines is 1. The summed E-state index contributed by atoms with van der Waals surface area (Å²) in [4.78, 5) is 55.1. The summed E-state index contributed by atoms with van der Waals surface area (Å²) < 4.78 is 44.1. The van der Waals surface area contributed by atoms with Gasteiger partial charge in [-0.15, -0.1) is 13.2 Å². The largest absolute Gasteiger partial charge is 0.573 e. The zero-order chi connectivity index (χ0) is 29.4. The number of allylic oxidation sites excluding steroid dienone is 6. The smallest absolute Gasteiger partial charge is 0.508 e. The maximum Gasteiger partial charge on any atom is 0.573 e. The van der Waals surface area contributed by atoms with Crippen molar-refractivity contribution in [2.75, 3.05) is 4.90 Å². The fourth-order valence-corrected chi connectivity index (χ4v) is 7.17. The van der Waals surface area contributed by atoms with Gasteiger partial charge in [0.15, 0.2) is 11.6 Å². The quantitative estimate of drug-likeness (QED) is 0.183. The van der Waals surface area contributed by atoms with Gasteiger partial charge in [0.1, 0.15) is 11.5 Å². The highest BCUT2D eigenvalue weighted by Gasteiger charge is 2.57. The Balaban J connectivity index is 1.49. The van der Waals surface area contributed by atoms with Gasteiger partial charge in [-0.1, -0.05) is 11.6 Å². The van der Waals surface area contributed by atoms with Gasteiger partial charge in [0.25, 0.3) is 0 Å². The second-order valence-electron chi connectivity index (χ2n) is 10.2. The summed E-state index contributed by atoms with van der Waals surface area (Å²) >= 11 is 5.23. The third-order valence-corrected chi connectivity index (χ3v) is 9.27. The molecule has 1 heterocycles. The highest BCUT2D eigenvalue weighted by Crippen LogP contribution is 2.57. The molecule has 12 heteroatoms. The Kier molecular flexibility index (Phi) is 6.76. The van der Waals surface area contributed by atoms with Gasteiger partial charge in [-0.25, -0.2) is 0 Å². The molecule has 0 saturated carbocycles. The van der Waals surface area contributed by atoms with E-state index in [1.807, 2.05) is 0 Å². The first-order valence-electron chi connectivity index (χ1n) is 12.5. The van der Waals surface area contributed by atoms with Gasteiger partial charge >= 0.3 is 6.36 Å². The molecule has 2 aromatic carbocycles. The molecule has 1 aliphatic heterocycles. The standard InChI is InChI=1S/C29H18BrF3INO6/c30-20-11-22(37)25-19(26(20)38)10-17-15(23(25)18-9-14(5-8-21(18)36)41-29(31,32)33)6-7-16-24(17)28(40)35(27(16)39)13-3-1-12(34)2-4-13/h1-6,8-9,11,16-17,23-24,36H,7,10H2/t16-,17+,23+,24-/m0/s1. The number of rotatable bonds is 3. The molecule has 2 aromatic rings. The Bertz CT molecular complexity index is 1640. The third-order valence-electron chi connectivity index (χ3n) is 7.96. The van der Waals surface area contributed by atoms with Crippen LogP contribution in [0.4, 0.5) is 18.9 Å². The number of benzene rings is 2. The summed E-state index contributed by atoms with van der Waals surface area (Å²) in [5, 5.41) is 10.8. The first kappa shape index (κ1) is 27.9. The lowest BCUT2D eigenvalue weighted by Gasteiger charge is -2.42. The van der Waals surface area contributed by atoms with E-state index in [9.17, 15) is 37.5 Å². The minimum absolute atomic E-state index is 0.00695. The van der Waals surface area contributed by atoms with E-state index in [1.165, 1.54) is 0 Å². The first-order valence-corrected chi connectivity index (χ1v) is 14.3. The van der Waals surface area contributed by atoms with Crippen molar-refractivity contribution in [2.45, 2.75) is 25.1 Å². The molecule has 0 aromatic heterocycles. The van der Waals surface area contributed by atoms with E-state index in [0.717, 1.165) is 32.7 Å². The number of halogens is 5. The minimum atomic E-state index is -5.01. The summed E-state index contributed by atoms with van der Waals surface area (Å²) in [5.41, 5.74) is 0.930. The third kappa shape index (κ3) is 4.64. The Morgan fingerprint density at radius 1 is 1.00 bits per heavy atom. The number of phenolic OH excluding ortho intramolecular Hbond substituents is 1. The van der Waals surface area contributed by atoms with Crippen molar-refractivity contribution in [2.24, 2.45) is 17.8 Å². The van der Waals surface area contributed by atoms with Crippen LogP contribution in [0.3, 0.4) is 0 Å². The van der Waals surface area contributed by atoms with Crippen LogP contribution in [0.15, 0.2) is 75.8 Å². The molecule has 41 heavy (non-hydrogen) atoms. The Morgan fingerprint density at radius 2 is 1.71 bits per heavy atom. The van der Waals surface area contributed by atoms with Crippen LogP contribution in [0.1, 0.15) is 24.3 Å². The summed E-state index contributed by atoms with van der Waals surface area (Å²) in [7, 11) is 0. The Morgan fingerprint density at radius 3 is 2.39 bits per heavy atom. The maximum absolute atomic E-state index is 13.9. The molecule has 0 spiro atoms. The fourth-order valence-electron chi connectivity index (χ4n) is 6.37. The van der Waals surface area contributed by atoms with E-state index < -0.39 is 59.0 Å². The SMILES string of the molecule is O=C1C=C(Br)C(=O)C2=C1[C@@H](c1cc(OC(F)(F)F)ccc1O)C1=CC[C@@H]3C(=O)N(c4ccc(I)cc4)C(=O)[C@@H]3[C@@H]1C2. The number of alkyl halides is 3. The zero-order valence-corrected chi connectivity index (χ0v) is 24.5. The molecular formula is C29H18BrF3INO6. The number of amides is 2. The predicted octanol–water partition coefficient (Wildman–Crippen LogP) is 5.86. The number of fused-ring (bicyclic) bond motifs is 3. The van der Waals surface area contributed by atoms with Crippen LogP contribution in [0.25, 0.3) is 0 Å². The second kappa shape index (κ2) is 9.93. The van der Waals surface area contributed by atoms with Gasteiger partial charge in [-0.3, -0.25) is 24.1 Å². The van der Waals surface area contributed by atoms with Gasteiger partial charge in [0, 0.05) is 32.3 Å². The van der Waals surface area contributed by atoms with Crippen LogP contribution >= 0.6 is 38.5 Å². The molecule has 4 aliphatic rings. The van der Waals surface area contributed by atoms with E-state index in [4.69, 9.17) is 0 Å². The number of hydrogen-bond donors (Lipinski definition) is 1. The summed E-state index contributed by atoms with van der Waals surface area (Å²) in [6.45, 7) is 0. The molecule has 6 rings (SSSR count). The van der Waals surface area contributed by atoms with Crippen LogP contribution in [-0.2, 0) is 19.2 Å². The van der Waals surface area contributed by atoms with Gasteiger partial charge < -0.3 is 9.84 Å². The number of hydrogen-bond acceptors (Lipinski definition) is 6. The van der Waals surface area contributed by atoms with Crippen molar-refractivity contribution in [1.29, 1.82) is 0 Å². The van der Waals surface area contributed by atoms with Crippen molar-refractivity contribution in [3.8, 4) is 11.5 Å². The average molecular weight is 740 g/mol. The molecule has 1 N–H and O–H groups in total. The normalized spacial score (nSPS) is 25.9. The van der Waals surface area contributed by atoms with Crippen molar-refractivity contribution >= 4 is 67.6 Å². The van der Waals surface area contributed by atoms with Crippen LogP contribution in [0.5, 0.6) is 11.5 Å². The summed E-state index contributed by atoms with van der Waals surface area (Å²) in [5.74, 6) is -6.37. The monoisotopic (exact) mass is 739 g/mol. The molecule has 0 radical (unpaired) electrons. The molecular weight excluding hydrogens is 722 g/mol. The van der Waals surface area contributed by atoms with E-state index in [1.54, 1.807) is 30.3 Å². The van der Waals surface area contributed by atoms with Crippen molar-refractivity contribution in [3.63, 3.8) is 0 Å². The van der Waals surface area contributed by atoms with Crippen LogP contribution in [0, 0.1) is 21.3 Å². The molecule has 0 unspecified atom stereocenters. The van der Waals surface area contributed by atoms with E-state index >= 15 is 0 Å². The van der Waals surface area contributed by atoms with E-state index in [0.29, 0.717) is 11.3 Å². The number of ketones is 2. The molecule has 1 fully saturated rings. The average Bonchev–Trinajstić information content (AvgIpc) is 3.17. The second-order valence-corrected chi connectivity index (χ2v) is 12.3. The van der Waals surface area contributed by atoms with E-state index in [-0.39, 0.29) is 39.9 Å². The molecule has 1 saturated heterocycles. The number of ether oxygens (including phenoxy) is 1. The maximum atomic E-state index is 13.9. The van der Waals surface area contributed by atoms with Crippen molar-refractivity contribution in [1.82, 2.24) is 0 Å². The van der Waals surface area contributed by atoms with E-state index in [2.05, 4.69) is 43.3 Å². The van der Waals surface area contributed by atoms with Crippen LogP contribution < -0.4 is 9.64 Å². The molecule has 7 nitrogen and oxygen atoms in total. The van der Waals surface area contributed by atoms with Crippen molar-refractivity contribution in [3.05, 3.63) is 85.0 Å². The lowest BCUT2D eigenvalue weighted by molar-refractivity contribution is -0.274. The number of Topliss-reactive ketones (excluding diaryl/α,β-unsaturated/α-hetero) is 1. The lowest BCUT2D eigenvalue weighted by Crippen LogP contribution is -2.39. The number of phenols is 1. The van der Waals surface area contributed by atoms with Crippen LogP contribution in [-0.4, -0.2) is 34.8 Å². The van der Waals surface area contributed by atoms with Crippen molar-refractivity contribution < 1.29 is 42.2 Å². The zero-order valence-electron chi connectivity index (χ0n) is 20.7. The molecule has 2 amide bonds. The van der Waals surface area contributed by atoms with Crippen LogP contribution in [0.2, 0.25) is 0 Å². The van der Waals surface area contributed by atoms with Gasteiger partial charge in [-0.2, -0.15) is 0 Å². The highest BCUT2D eigenvalue weighted by molar-refractivity contribution is 14.1. The summed E-state index contributed by atoms with van der Waals surface area (Å²) in [6.07, 6.45) is -2.08. The molecule has 0 bridgehead atoms. The number of imide groups is 1. The number of nitrogens with zero attached hydrogens (tertiary/aromatic N) is 1. The number of carbonyl (C=O) groups is 4. The topological polar surface area (TPSA) is 101 Å². The molecule has 3 aliphatic carbocycles. The molecule has 4 atom stereocenters. The number of aromatic hydroxyl groups is 1. The minimum Gasteiger partial charge on any atom is -0.508 e. The Labute approximate surface area is 253 Å². The Hall–Kier alpha value is -3.26. The fraction of sp³-hybridized carbons (Fsp3) is 0.241. The highest BCUT2D eigenvalue weighted by atomic mass is 127.